The van der Waals surface area contributed by atoms with Gasteiger partial charge in [0.15, 0.2) is 5.82 Å². The zero-order valence-electron chi connectivity index (χ0n) is 24.9. The number of carbonyl (C=O) groups is 1. The average Bonchev–Trinajstić information content (AvgIpc) is 3.49. The molecule has 9 heteroatoms. The Morgan fingerprint density at radius 1 is 0.818 bits per heavy atom. The standard InChI is InChI=1S/C35H36N6O3/c1-24-21-40(25(2)20-39(24)22-26-7-4-3-5-8-26)33(31-9-6-10-32(42)19-31)28-15-17-29(18-16-28)34-36-37-38-41(34)23-27-11-13-30(14-12-27)35(43)44/h3-19,24-25,33,42H,20-23H2,1-2H3,(H,43,44)/t24-,25+,33-/m1/s1. The number of aromatic hydroxyl groups is 1. The van der Waals surface area contributed by atoms with Crippen LogP contribution in [0.25, 0.3) is 11.4 Å². The molecule has 6 rings (SSSR count). The minimum Gasteiger partial charge on any atom is -0.508 e. The number of carboxylic acid groups (broad SMARTS) is 1. The van der Waals surface area contributed by atoms with E-state index in [2.05, 4.69) is 87.7 Å². The lowest BCUT2D eigenvalue weighted by atomic mass is 9.92. The van der Waals surface area contributed by atoms with Gasteiger partial charge in [0.2, 0.25) is 0 Å². The lowest BCUT2D eigenvalue weighted by molar-refractivity contribution is 0.0195. The second-order valence-corrected chi connectivity index (χ2v) is 11.6. The number of carboxylic acids is 1. The molecule has 1 aliphatic heterocycles. The number of phenols is 1. The first kappa shape index (κ1) is 29.2. The van der Waals surface area contributed by atoms with Crippen LogP contribution in [0.1, 0.15) is 52.5 Å². The number of phenolic OH excluding ortho intramolecular Hbond substituents is 1. The van der Waals surface area contributed by atoms with Gasteiger partial charge in [-0.25, -0.2) is 9.48 Å². The molecule has 224 valence electrons. The number of piperazine rings is 1. The van der Waals surface area contributed by atoms with E-state index in [4.69, 9.17) is 0 Å². The molecule has 5 aromatic rings. The van der Waals surface area contributed by atoms with Crippen molar-refractivity contribution in [2.45, 2.75) is 45.1 Å². The molecule has 2 heterocycles. The number of benzene rings is 4. The molecule has 0 unspecified atom stereocenters. The highest BCUT2D eigenvalue weighted by Crippen LogP contribution is 2.35. The summed E-state index contributed by atoms with van der Waals surface area (Å²) in [6, 6.07) is 33.8. The maximum absolute atomic E-state index is 11.2. The molecular weight excluding hydrogens is 552 g/mol. The second kappa shape index (κ2) is 12.8. The predicted octanol–water partition coefficient (Wildman–Crippen LogP) is 5.48. The minimum absolute atomic E-state index is 0.0452. The molecule has 1 fully saturated rings. The number of tetrazole rings is 1. The number of hydrogen-bond acceptors (Lipinski definition) is 7. The van der Waals surface area contributed by atoms with E-state index in [-0.39, 0.29) is 23.4 Å². The van der Waals surface area contributed by atoms with Crippen molar-refractivity contribution >= 4 is 5.97 Å². The summed E-state index contributed by atoms with van der Waals surface area (Å²) >= 11 is 0. The molecule has 1 aromatic heterocycles. The van der Waals surface area contributed by atoms with Gasteiger partial charge in [-0.15, -0.1) is 5.10 Å². The summed E-state index contributed by atoms with van der Waals surface area (Å²) in [4.78, 5) is 16.3. The third-order valence-electron chi connectivity index (χ3n) is 8.46. The van der Waals surface area contributed by atoms with Crippen LogP contribution in [0.5, 0.6) is 5.75 Å². The van der Waals surface area contributed by atoms with Crippen molar-refractivity contribution < 1.29 is 15.0 Å². The minimum atomic E-state index is -0.957. The van der Waals surface area contributed by atoms with E-state index >= 15 is 0 Å². The summed E-state index contributed by atoms with van der Waals surface area (Å²) in [5.41, 5.74) is 5.51. The fourth-order valence-corrected chi connectivity index (χ4v) is 6.15. The van der Waals surface area contributed by atoms with Crippen LogP contribution in [0, 0.1) is 0 Å². The van der Waals surface area contributed by atoms with E-state index < -0.39 is 5.97 Å². The molecule has 44 heavy (non-hydrogen) atoms. The van der Waals surface area contributed by atoms with Gasteiger partial charge in [-0.2, -0.15) is 0 Å². The first-order valence-electron chi connectivity index (χ1n) is 14.9. The van der Waals surface area contributed by atoms with Crippen molar-refractivity contribution in [3.8, 4) is 17.1 Å². The topological polar surface area (TPSA) is 108 Å². The maximum atomic E-state index is 11.2. The van der Waals surface area contributed by atoms with Crippen LogP contribution in [0.4, 0.5) is 0 Å². The molecule has 2 N–H and O–H groups in total. The van der Waals surface area contributed by atoms with Gasteiger partial charge >= 0.3 is 5.97 Å². The summed E-state index contributed by atoms with van der Waals surface area (Å²) in [5, 5.41) is 32.0. The largest absolute Gasteiger partial charge is 0.508 e. The third-order valence-corrected chi connectivity index (χ3v) is 8.46. The van der Waals surface area contributed by atoms with Gasteiger partial charge in [0.25, 0.3) is 0 Å². The van der Waals surface area contributed by atoms with Gasteiger partial charge in [0.1, 0.15) is 5.75 Å². The molecule has 0 radical (unpaired) electrons. The number of nitrogens with zero attached hydrogens (tertiary/aromatic N) is 6. The monoisotopic (exact) mass is 588 g/mol. The summed E-state index contributed by atoms with van der Waals surface area (Å²) in [6.07, 6.45) is 0. The molecule has 0 spiro atoms. The molecule has 1 saturated heterocycles. The normalized spacial score (nSPS) is 18.2. The van der Waals surface area contributed by atoms with Crippen LogP contribution in [-0.4, -0.2) is 71.4 Å². The Balaban J connectivity index is 1.25. The van der Waals surface area contributed by atoms with Gasteiger partial charge in [-0.3, -0.25) is 9.80 Å². The van der Waals surface area contributed by atoms with Crippen LogP contribution in [-0.2, 0) is 13.1 Å². The first-order chi connectivity index (χ1) is 21.4. The van der Waals surface area contributed by atoms with Crippen LogP contribution >= 0.6 is 0 Å². The Bertz CT molecular complexity index is 1710. The van der Waals surface area contributed by atoms with Crippen molar-refractivity contribution in [2.24, 2.45) is 0 Å². The Morgan fingerprint density at radius 2 is 1.55 bits per heavy atom. The fraction of sp³-hybridized carbons (Fsp3) is 0.257. The molecular formula is C35H36N6O3. The Labute approximate surface area is 257 Å². The van der Waals surface area contributed by atoms with E-state index in [1.165, 1.54) is 5.56 Å². The molecule has 0 saturated carbocycles. The Hall–Kier alpha value is -4.86. The quantitative estimate of drug-likeness (QED) is 0.233. The Morgan fingerprint density at radius 3 is 2.25 bits per heavy atom. The molecule has 4 aromatic carbocycles. The molecule has 3 atom stereocenters. The summed E-state index contributed by atoms with van der Waals surface area (Å²) in [7, 11) is 0. The molecule has 0 aliphatic carbocycles. The zero-order valence-corrected chi connectivity index (χ0v) is 24.9. The van der Waals surface area contributed by atoms with Crippen LogP contribution < -0.4 is 0 Å². The lowest BCUT2D eigenvalue weighted by Gasteiger charge is -2.47. The maximum Gasteiger partial charge on any atom is 0.335 e. The van der Waals surface area contributed by atoms with Gasteiger partial charge in [0.05, 0.1) is 18.2 Å². The average molecular weight is 589 g/mol. The summed E-state index contributed by atoms with van der Waals surface area (Å²) in [5.74, 6) is -0.0749. The lowest BCUT2D eigenvalue weighted by Crippen LogP contribution is -2.56. The van der Waals surface area contributed by atoms with E-state index in [0.29, 0.717) is 18.4 Å². The summed E-state index contributed by atoms with van der Waals surface area (Å²) < 4.78 is 1.72. The van der Waals surface area contributed by atoms with Gasteiger partial charge < -0.3 is 10.2 Å². The molecule has 0 amide bonds. The van der Waals surface area contributed by atoms with E-state index in [1.54, 1.807) is 35.0 Å². The molecule has 0 bridgehead atoms. The highest BCUT2D eigenvalue weighted by molar-refractivity contribution is 5.87. The van der Waals surface area contributed by atoms with Gasteiger partial charge in [-0.05, 0) is 70.8 Å². The van der Waals surface area contributed by atoms with Gasteiger partial charge in [-0.1, -0.05) is 78.9 Å². The highest BCUT2D eigenvalue weighted by atomic mass is 16.4. The summed E-state index contributed by atoms with van der Waals surface area (Å²) in [6.45, 7) is 7.73. The van der Waals surface area contributed by atoms with Crippen LogP contribution in [0.2, 0.25) is 0 Å². The molecule has 9 nitrogen and oxygen atoms in total. The smallest absolute Gasteiger partial charge is 0.335 e. The van der Waals surface area contributed by atoms with Gasteiger partial charge in [0, 0.05) is 37.3 Å². The zero-order chi connectivity index (χ0) is 30.6. The first-order valence-corrected chi connectivity index (χ1v) is 14.9. The SMILES string of the molecule is C[C@@H]1CN([C@H](c2ccc(-c3nnnn3Cc3ccc(C(=O)O)cc3)cc2)c2cccc(O)c2)[C@@H](C)CN1Cc1ccccc1. The van der Waals surface area contributed by atoms with Crippen molar-refractivity contribution in [1.29, 1.82) is 0 Å². The predicted molar refractivity (Wildman–Crippen MR) is 168 cm³/mol. The van der Waals surface area contributed by atoms with Crippen molar-refractivity contribution in [1.82, 2.24) is 30.0 Å². The van der Waals surface area contributed by atoms with Crippen molar-refractivity contribution in [3.63, 3.8) is 0 Å². The van der Waals surface area contributed by atoms with Crippen LogP contribution in [0.15, 0.2) is 103 Å². The molecule has 1 aliphatic rings. The number of rotatable bonds is 9. The third kappa shape index (κ3) is 6.39. The van der Waals surface area contributed by atoms with Crippen LogP contribution in [0.3, 0.4) is 0 Å². The van der Waals surface area contributed by atoms with E-state index in [0.717, 1.165) is 41.9 Å². The number of aromatic nitrogens is 4. The van der Waals surface area contributed by atoms with Crippen molar-refractivity contribution in [2.75, 3.05) is 13.1 Å². The van der Waals surface area contributed by atoms with Crippen molar-refractivity contribution in [3.05, 3.63) is 131 Å². The number of aromatic carboxylic acids is 1. The second-order valence-electron chi connectivity index (χ2n) is 11.6. The highest BCUT2D eigenvalue weighted by Gasteiger charge is 2.35. The Kier molecular flexibility index (Phi) is 8.49. The fourth-order valence-electron chi connectivity index (χ4n) is 6.15. The van der Waals surface area contributed by atoms with E-state index in [9.17, 15) is 15.0 Å². The van der Waals surface area contributed by atoms with E-state index in [1.807, 2.05) is 24.3 Å². The number of hydrogen-bond donors (Lipinski definition) is 2.